The largest absolute Gasteiger partial charge is 0.476 e. The Kier molecular flexibility index (Phi) is 8.42. The van der Waals surface area contributed by atoms with E-state index >= 15 is 0 Å². The molecule has 0 fully saturated rings. The van der Waals surface area contributed by atoms with E-state index in [1.54, 1.807) is 10.8 Å². The molecule has 2 unspecified atom stereocenters. The van der Waals surface area contributed by atoms with Crippen molar-refractivity contribution in [3.05, 3.63) is 24.5 Å². The van der Waals surface area contributed by atoms with E-state index in [-0.39, 0.29) is 13.5 Å². The van der Waals surface area contributed by atoms with Gasteiger partial charge in [-0.15, -0.1) is 5.10 Å². The minimum absolute atomic E-state index is 0. The summed E-state index contributed by atoms with van der Waals surface area (Å²) in [7, 11) is 3.74. The van der Waals surface area contributed by atoms with E-state index in [9.17, 15) is 0 Å². The van der Waals surface area contributed by atoms with Crippen molar-refractivity contribution in [1.29, 1.82) is 0 Å². The van der Waals surface area contributed by atoms with Gasteiger partial charge in [0.25, 0.3) is 0 Å². The van der Waals surface area contributed by atoms with Crippen LogP contribution in [0.5, 0.6) is 11.8 Å². The van der Waals surface area contributed by atoms with Gasteiger partial charge in [0.1, 0.15) is 11.7 Å². The average molecular weight is 530 g/mol. The number of likely N-dealkylation sites (N-methyl/N-ethyl adjacent to an activating group) is 1. The lowest BCUT2D eigenvalue weighted by Gasteiger charge is -2.15. The number of hydrogen-bond acceptors (Lipinski definition) is 6. The molecule has 10 heteroatoms. The summed E-state index contributed by atoms with van der Waals surface area (Å²) in [6.07, 6.45) is 4.04. The topological polar surface area (TPSA) is 79.0 Å². The molecule has 3 heterocycles. The summed E-state index contributed by atoms with van der Waals surface area (Å²) in [4.78, 5) is 4.68. The maximum absolute atomic E-state index is 6.17. The summed E-state index contributed by atoms with van der Waals surface area (Å²) in [5.41, 5.74) is 3.28. The van der Waals surface area contributed by atoms with Gasteiger partial charge >= 0.3 is 0 Å². The molecule has 0 aliphatic heterocycles. The minimum atomic E-state index is -0.0379. The summed E-state index contributed by atoms with van der Waals surface area (Å²) in [5.74, 6) is 1.13. The lowest BCUT2D eigenvalue weighted by atomic mass is 10.1. The van der Waals surface area contributed by atoms with Crippen LogP contribution in [0.1, 0.15) is 27.0 Å². The standard InChI is InChI=1S/C18H24IN6O2P.CH4/c1-6-13-12-8-14(21-10-15(12)25(22-13)28-19)16-17(26-7-2)23-24(5)18(16)27-11(3)9-20-4;/h6,8,10-11,20,28H,1,7,9H2,2-5H3;1H4. The van der Waals surface area contributed by atoms with E-state index in [0.29, 0.717) is 31.3 Å². The zero-order valence-corrected chi connectivity index (χ0v) is 19.5. The van der Waals surface area contributed by atoms with E-state index < -0.39 is 0 Å². The first-order valence-electron chi connectivity index (χ1n) is 8.93. The van der Waals surface area contributed by atoms with E-state index in [2.05, 4.69) is 49.1 Å². The predicted octanol–water partition coefficient (Wildman–Crippen LogP) is 4.29. The Labute approximate surface area is 186 Å². The number of ether oxygens (including phenoxy) is 2. The van der Waals surface area contributed by atoms with Crippen LogP contribution in [0.25, 0.3) is 28.2 Å². The number of nitrogens with zero attached hydrogens (tertiary/aromatic N) is 5. The number of halogens is 1. The van der Waals surface area contributed by atoms with Crippen LogP contribution in [0.2, 0.25) is 0 Å². The van der Waals surface area contributed by atoms with Gasteiger partial charge in [0, 0.05) is 19.0 Å². The highest BCUT2D eigenvalue weighted by Gasteiger charge is 2.24. The van der Waals surface area contributed by atoms with Crippen molar-refractivity contribution in [1.82, 2.24) is 29.6 Å². The molecule has 158 valence electrons. The van der Waals surface area contributed by atoms with Crippen LogP contribution in [0.3, 0.4) is 0 Å². The molecule has 0 saturated heterocycles. The van der Waals surface area contributed by atoms with E-state index in [4.69, 9.17) is 9.47 Å². The Bertz CT molecular complexity index is 987. The Hall–Kier alpha value is -1.71. The first kappa shape index (κ1) is 23.6. The number of fused-ring (bicyclic) bond motifs is 1. The number of aromatic nitrogens is 5. The fourth-order valence-electron chi connectivity index (χ4n) is 2.99. The Morgan fingerprint density at radius 1 is 1.41 bits per heavy atom. The van der Waals surface area contributed by atoms with Gasteiger partial charge in [0.2, 0.25) is 11.8 Å². The average Bonchev–Trinajstić information content (AvgIpc) is 3.19. The molecule has 0 radical (unpaired) electrons. The van der Waals surface area contributed by atoms with Crippen LogP contribution in [0, 0.1) is 0 Å². The third-order valence-corrected chi connectivity index (χ3v) is 6.04. The van der Waals surface area contributed by atoms with Gasteiger partial charge in [0.05, 0.1) is 36.1 Å². The number of rotatable bonds is 9. The van der Waals surface area contributed by atoms with Crippen molar-refractivity contribution in [3.8, 4) is 23.0 Å². The maximum Gasteiger partial charge on any atom is 0.246 e. The maximum atomic E-state index is 6.17. The van der Waals surface area contributed by atoms with Crippen molar-refractivity contribution in [2.75, 3.05) is 20.2 Å². The SMILES string of the molecule is C.C=Cc1nn(PI)c2cnc(-c3c(OCC)nn(C)c3OC(C)CNC)cc12. The molecular weight excluding hydrogens is 502 g/mol. The van der Waals surface area contributed by atoms with Crippen molar-refractivity contribution in [2.24, 2.45) is 7.05 Å². The van der Waals surface area contributed by atoms with Crippen molar-refractivity contribution in [2.45, 2.75) is 27.4 Å². The molecule has 0 aromatic carbocycles. The summed E-state index contributed by atoms with van der Waals surface area (Å²) in [6, 6.07) is 2.00. The van der Waals surface area contributed by atoms with E-state index in [0.717, 1.165) is 27.9 Å². The Morgan fingerprint density at radius 3 is 2.79 bits per heavy atom. The summed E-state index contributed by atoms with van der Waals surface area (Å²) in [6.45, 7) is 9.04. The summed E-state index contributed by atoms with van der Waals surface area (Å²) in [5, 5.41) is 13.2. The number of pyridine rings is 1. The van der Waals surface area contributed by atoms with Gasteiger partial charge in [-0.25, -0.2) is 9.13 Å². The van der Waals surface area contributed by atoms with E-state index in [1.165, 1.54) is 0 Å². The van der Waals surface area contributed by atoms with Crippen LogP contribution >= 0.6 is 28.4 Å². The second kappa shape index (κ2) is 10.4. The smallest absolute Gasteiger partial charge is 0.246 e. The third-order valence-electron chi connectivity index (χ3n) is 4.17. The van der Waals surface area contributed by atoms with Crippen LogP contribution in [0.4, 0.5) is 0 Å². The molecule has 0 aliphatic carbocycles. The van der Waals surface area contributed by atoms with Gasteiger partial charge in [-0.1, -0.05) is 14.0 Å². The predicted molar refractivity (Wildman–Crippen MR) is 129 cm³/mol. The molecule has 3 rings (SSSR count). The van der Waals surface area contributed by atoms with Gasteiger partial charge in [0.15, 0.2) is 0 Å². The molecule has 0 aliphatic rings. The molecule has 0 spiro atoms. The lowest BCUT2D eigenvalue weighted by Crippen LogP contribution is -2.27. The fourth-order valence-corrected chi connectivity index (χ4v) is 4.50. The molecular formula is C19H28IN6O2P. The molecule has 0 saturated carbocycles. The fraction of sp³-hybridized carbons (Fsp3) is 0.421. The Morgan fingerprint density at radius 2 is 2.17 bits per heavy atom. The van der Waals surface area contributed by atoms with E-state index in [1.807, 2.05) is 44.7 Å². The number of aryl methyl sites for hydroxylation is 1. The van der Waals surface area contributed by atoms with Gasteiger partial charge in [-0.2, -0.15) is 5.10 Å². The second-order valence-electron chi connectivity index (χ2n) is 6.20. The molecule has 3 aromatic rings. The number of hydrogen-bond donors (Lipinski definition) is 1. The minimum Gasteiger partial charge on any atom is -0.476 e. The molecule has 8 nitrogen and oxygen atoms in total. The van der Waals surface area contributed by atoms with Gasteiger partial charge < -0.3 is 14.8 Å². The summed E-state index contributed by atoms with van der Waals surface area (Å²) >= 11 is 2.30. The van der Waals surface area contributed by atoms with Crippen molar-refractivity contribution < 1.29 is 9.47 Å². The third kappa shape index (κ3) is 4.73. The Balaban J connectivity index is 0.00000300. The van der Waals surface area contributed by atoms with Crippen molar-refractivity contribution >= 4 is 45.4 Å². The number of nitrogens with one attached hydrogen (secondary N) is 1. The summed E-state index contributed by atoms with van der Waals surface area (Å²) < 4.78 is 15.6. The quantitative estimate of drug-likeness (QED) is 0.329. The first-order chi connectivity index (χ1) is 13.5. The molecule has 29 heavy (non-hydrogen) atoms. The normalized spacial score (nSPS) is 12.3. The van der Waals surface area contributed by atoms with Crippen LogP contribution in [-0.2, 0) is 7.05 Å². The van der Waals surface area contributed by atoms with Gasteiger partial charge in [-0.3, -0.25) is 4.98 Å². The highest BCUT2D eigenvalue weighted by molar-refractivity contribution is 14.2. The lowest BCUT2D eigenvalue weighted by molar-refractivity contribution is 0.203. The zero-order chi connectivity index (χ0) is 20.3. The monoisotopic (exact) mass is 530 g/mol. The molecule has 1 N–H and O–H groups in total. The molecule has 2 atom stereocenters. The first-order valence-corrected chi connectivity index (χ1v) is 13.0. The molecule has 3 aromatic heterocycles. The van der Waals surface area contributed by atoms with Crippen molar-refractivity contribution in [3.63, 3.8) is 0 Å². The molecule has 0 amide bonds. The second-order valence-corrected chi connectivity index (χ2v) is 8.24. The molecule has 0 bridgehead atoms. The highest BCUT2D eigenvalue weighted by Crippen LogP contribution is 2.39. The van der Waals surface area contributed by atoms with Crippen LogP contribution in [-0.4, -0.2) is 50.6 Å². The highest BCUT2D eigenvalue weighted by atomic mass is 127. The van der Waals surface area contributed by atoms with Gasteiger partial charge in [-0.05, 0) is 55.1 Å². The van der Waals surface area contributed by atoms with Crippen LogP contribution in [0.15, 0.2) is 18.8 Å². The van der Waals surface area contributed by atoms with Crippen LogP contribution < -0.4 is 14.8 Å². The zero-order valence-electron chi connectivity index (χ0n) is 16.4.